The Labute approximate surface area is 160 Å². The van der Waals surface area contributed by atoms with Crippen molar-refractivity contribution in [2.24, 2.45) is 5.73 Å². The first-order valence-corrected chi connectivity index (χ1v) is 9.31. The molecule has 4 aromatic carbocycles. The summed E-state index contributed by atoms with van der Waals surface area (Å²) in [6.45, 7) is 2.12. The van der Waals surface area contributed by atoms with Crippen LogP contribution in [0.5, 0.6) is 0 Å². The number of rotatable bonds is 4. The van der Waals surface area contributed by atoms with E-state index in [9.17, 15) is 0 Å². The largest absolute Gasteiger partial charge is 0.398 e. The Balaban J connectivity index is 1.68. The van der Waals surface area contributed by atoms with Gasteiger partial charge in [-0.1, -0.05) is 90.5 Å². The fourth-order valence-electron chi connectivity index (χ4n) is 3.60. The minimum absolute atomic E-state index is 0.789. The van der Waals surface area contributed by atoms with Gasteiger partial charge in [0, 0.05) is 11.3 Å². The lowest BCUT2D eigenvalue weighted by molar-refractivity contribution is 1.25. The fraction of sp³-hybridized carbons (Fsp3) is 0.0769. The maximum atomic E-state index is 6.47. The summed E-state index contributed by atoms with van der Waals surface area (Å²) in [4.78, 5) is 0. The quantitative estimate of drug-likeness (QED) is 0.335. The monoisotopic (exact) mass is 349 g/mol. The number of allylic oxidation sites excluding steroid dienone is 3. The maximum absolute atomic E-state index is 6.47. The van der Waals surface area contributed by atoms with Crippen molar-refractivity contribution < 1.29 is 0 Å². The van der Waals surface area contributed by atoms with Gasteiger partial charge in [0.1, 0.15) is 0 Å². The van der Waals surface area contributed by atoms with Crippen LogP contribution in [0.15, 0.2) is 97.1 Å². The standard InChI is InChI=1S/C26H23N/c1-19-9-8-11-20(17-19)10-2-7-16-26(27)25-18-21-12-3-4-13-22(21)23-14-5-6-15-24(23)25/h2-9,11-18H,10,27H2,1H3/b7-2-,26-16-. The molecule has 2 N–H and O–H groups in total. The Morgan fingerprint density at radius 3 is 2.37 bits per heavy atom. The number of benzene rings is 4. The van der Waals surface area contributed by atoms with E-state index >= 15 is 0 Å². The van der Waals surface area contributed by atoms with Crippen molar-refractivity contribution in [2.75, 3.05) is 0 Å². The summed E-state index contributed by atoms with van der Waals surface area (Å²) in [6.07, 6.45) is 7.13. The lowest BCUT2D eigenvalue weighted by atomic mass is 9.95. The van der Waals surface area contributed by atoms with Gasteiger partial charge in [0.25, 0.3) is 0 Å². The number of hydrogen-bond acceptors (Lipinski definition) is 1. The van der Waals surface area contributed by atoms with Crippen LogP contribution in [0, 0.1) is 6.92 Å². The van der Waals surface area contributed by atoms with Gasteiger partial charge < -0.3 is 5.73 Å². The van der Waals surface area contributed by atoms with Gasteiger partial charge in [0.15, 0.2) is 0 Å². The highest BCUT2D eigenvalue weighted by Gasteiger charge is 2.07. The highest BCUT2D eigenvalue weighted by atomic mass is 14.6. The van der Waals surface area contributed by atoms with E-state index in [1.165, 1.54) is 32.7 Å². The first-order chi connectivity index (χ1) is 13.2. The molecule has 0 fully saturated rings. The summed E-state index contributed by atoms with van der Waals surface area (Å²) >= 11 is 0. The SMILES string of the molecule is Cc1cccc(C/C=C\C=C(/N)c2cc3ccccc3c3ccccc23)c1. The van der Waals surface area contributed by atoms with Crippen LogP contribution < -0.4 is 5.73 Å². The molecule has 0 atom stereocenters. The normalized spacial score (nSPS) is 12.3. The van der Waals surface area contributed by atoms with Gasteiger partial charge in [-0.15, -0.1) is 0 Å². The second-order valence-electron chi connectivity index (χ2n) is 6.93. The predicted octanol–water partition coefficient (Wildman–Crippen LogP) is 6.40. The third kappa shape index (κ3) is 3.63. The zero-order valence-electron chi connectivity index (χ0n) is 15.5. The second-order valence-corrected chi connectivity index (χ2v) is 6.93. The number of fused-ring (bicyclic) bond motifs is 3. The van der Waals surface area contributed by atoms with Crippen molar-refractivity contribution in [1.29, 1.82) is 0 Å². The van der Waals surface area contributed by atoms with Crippen LogP contribution in [-0.4, -0.2) is 0 Å². The van der Waals surface area contributed by atoms with Crippen molar-refractivity contribution in [1.82, 2.24) is 0 Å². The Bertz CT molecular complexity index is 1170. The van der Waals surface area contributed by atoms with Gasteiger partial charge in [-0.25, -0.2) is 0 Å². The van der Waals surface area contributed by atoms with Crippen molar-refractivity contribution in [3.05, 3.63) is 114 Å². The average Bonchev–Trinajstić information content (AvgIpc) is 2.70. The summed E-state index contributed by atoms with van der Waals surface area (Å²) in [5.74, 6) is 0. The zero-order valence-corrected chi connectivity index (χ0v) is 15.5. The van der Waals surface area contributed by atoms with Gasteiger partial charge >= 0.3 is 0 Å². The molecular formula is C26H23N. The molecule has 0 aromatic heterocycles. The maximum Gasteiger partial charge on any atom is 0.0394 e. The molecule has 27 heavy (non-hydrogen) atoms. The summed E-state index contributed by atoms with van der Waals surface area (Å²) < 4.78 is 0. The molecule has 1 nitrogen and oxygen atoms in total. The van der Waals surface area contributed by atoms with Crippen LogP contribution >= 0.6 is 0 Å². The second kappa shape index (κ2) is 7.51. The van der Waals surface area contributed by atoms with E-state index < -0.39 is 0 Å². The molecule has 0 bridgehead atoms. The molecule has 0 aliphatic carbocycles. The molecule has 0 saturated carbocycles. The van der Waals surface area contributed by atoms with Crippen LogP contribution in [0.3, 0.4) is 0 Å². The van der Waals surface area contributed by atoms with Gasteiger partial charge in [0.05, 0.1) is 0 Å². The van der Waals surface area contributed by atoms with Gasteiger partial charge in [-0.2, -0.15) is 0 Å². The average molecular weight is 349 g/mol. The summed E-state index contributed by atoms with van der Waals surface area (Å²) in [5.41, 5.74) is 10.9. The molecule has 0 aliphatic rings. The van der Waals surface area contributed by atoms with E-state index in [0.29, 0.717) is 0 Å². The zero-order chi connectivity index (χ0) is 18.6. The Morgan fingerprint density at radius 2 is 1.56 bits per heavy atom. The molecule has 132 valence electrons. The minimum Gasteiger partial charge on any atom is -0.398 e. The number of aryl methyl sites for hydroxylation is 1. The molecule has 0 radical (unpaired) electrons. The van der Waals surface area contributed by atoms with Crippen LogP contribution in [0.1, 0.15) is 16.7 Å². The van der Waals surface area contributed by atoms with E-state index in [2.05, 4.69) is 97.9 Å². The highest BCUT2D eigenvalue weighted by Crippen LogP contribution is 2.31. The van der Waals surface area contributed by atoms with Crippen molar-refractivity contribution in [2.45, 2.75) is 13.3 Å². The molecule has 0 aliphatic heterocycles. The van der Waals surface area contributed by atoms with E-state index in [1.807, 2.05) is 6.08 Å². The molecule has 4 rings (SSSR count). The molecule has 1 heteroatoms. The summed E-state index contributed by atoms with van der Waals surface area (Å²) in [5, 5.41) is 4.91. The van der Waals surface area contributed by atoms with E-state index in [1.54, 1.807) is 0 Å². The molecule has 0 unspecified atom stereocenters. The fourth-order valence-corrected chi connectivity index (χ4v) is 3.60. The highest BCUT2D eigenvalue weighted by molar-refractivity contribution is 6.11. The lowest BCUT2D eigenvalue weighted by Crippen LogP contribution is -1.97. The third-order valence-electron chi connectivity index (χ3n) is 4.93. The third-order valence-corrected chi connectivity index (χ3v) is 4.93. The predicted molar refractivity (Wildman–Crippen MR) is 118 cm³/mol. The van der Waals surface area contributed by atoms with Crippen molar-refractivity contribution in [3.8, 4) is 0 Å². The molecule has 0 saturated heterocycles. The van der Waals surface area contributed by atoms with Crippen LogP contribution in [0.2, 0.25) is 0 Å². The van der Waals surface area contributed by atoms with Crippen LogP contribution in [0.4, 0.5) is 0 Å². The van der Waals surface area contributed by atoms with Gasteiger partial charge in [0.2, 0.25) is 0 Å². The van der Waals surface area contributed by atoms with E-state index in [0.717, 1.165) is 17.7 Å². The summed E-state index contributed by atoms with van der Waals surface area (Å²) in [7, 11) is 0. The topological polar surface area (TPSA) is 26.0 Å². The molecule has 0 spiro atoms. The first kappa shape index (κ1) is 17.1. The lowest BCUT2D eigenvalue weighted by Gasteiger charge is -2.10. The Hall–Kier alpha value is -3.32. The molecule has 0 amide bonds. The smallest absolute Gasteiger partial charge is 0.0394 e. The summed E-state index contributed by atoms with van der Waals surface area (Å²) in [6, 6.07) is 27.7. The molecular weight excluding hydrogens is 326 g/mol. The van der Waals surface area contributed by atoms with Crippen molar-refractivity contribution >= 4 is 27.2 Å². The van der Waals surface area contributed by atoms with Crippen LogP contribution in [-0.2, 0) is 6.42 Å². The number of hydrogen-bond donors (Lipinski definition) is 1. The van der Waals surface area contributed by atoms with E-state index in [-0.39, 0.29) is 0 Å². The van der Waals surface area contributed by atoms with Crippen molar-refractivity contribution in [3.63, 3.8) is 0 Å². The Kier molecular flexibility index (Phi) is 4.76. The molecule has 4 aromatic rings. The molecule has 0 heterocycles. The van der Waals surface area contributed by atoms with Crippen LogP contribution in [0.25, 0.3) is 27.2 Å². The first-order valence-electron chi connectivity index (χ1n) is 9.31. The van der Waals surface area contributed by atoms with Gasteiger partial charge in [-0.3, -0.25) is 0 Å². The van der Waals surface area contributed by atoms with Gasteiger partial charge in [-0.05, 0) is 52.6 Å². The minimum atomic E-state index is 0.789. The number of nitrogens with two attached hydrogens (primary N) is 1. The Morgan fingerprint density at radius 1 is 0.815 bits per heavy atom. The van der Waals surface area contributed by atoms with E-state index in [4.69, 9.17) is 5.73 Å².